The largest absolute Gasteiger partial charge is 0.351 e. The molecule has 1 fully saturated rings. The quantitative estimate of drug-likeness (QED) is 0.864. The van der Waals surface area contributed by atoms with E-state index in [2.05, 4.69) is 35.0 Å². The Morgan fingerprint density at radius 3 is 2.89 bits per heavy atom. The standard InChI is InChI=1S/C15H21N3/c1-17-9-5-4-7-13(17)11-18-10-12-6-2-3-8-14(12)15(18)16/h2-3,6,8,13,16H,4-5,7,9-11H2,1H3. The molecule has 0 radical (unpaired) electrons. The molecule has 3 rings (SSSR count). The third-order valence-corrected chi connectivity index (χ3v) is 4.30. The number of nitrogens with one attached hydrogen (secondary N) is 1. The summed E-state index contributed by atoms with van der Waals surface area (Å²) in [6.07, 6.45) is 3.93. The van der Waals surface area contributed by atoms with Crippen LogP contribution in [0.25, 0.3) is 0 Å². The van der Waals surface area contributed by atoms with Crippen molar-refractivity contribution in [3.8, 4) is 0 Å². The van der Waals surface area contributed by atoms with Crippen LogP contribution in [-0.4, -0.2) is 41.8 Å². The average Bonchev–Trinajstić information content (AvgIpc) is 2.70. The Balaban J connectivity index is 1.71. The molecule has 3 nitrogen and oxygen atoms in total. The van der Waals surface area contributed by atoms with E-state index in [1.165, 1.54) is 31.4 Å². The van der Waals surface area contributed by atoms with Gasteiger partial charge in [-0.15, -0.1) is 0 Å². The first kappa shape index (κ1) is 11.7. The first-order valence-electron chi connectivity index (χ1n) is 6.88. The monoisotopic (exact) mass is 243 g/mol. The molecule has 1 aromatic carbocycles. The van der Waals surface area contributed by atoms with Crippen LogP contribution in [0.2, 0.25) is 0 Å². The summed E-state index contributed by atoms with van der Waals surface area (Å²) in [4.78, 5) is 4.69. The Kier molecular flexibility index (Phi) is 3.08. The van der Waals surface area contributed by atoms with E-state index >= 15 is 0 Å². The predicted molar refractivity (Wildman–Crippen MR) is 73.9 cm³/mol. The molecule has 0 aliphatic carbocycles. The molecule has 1 saturated heterocycles. The smallest absolute Gasteiger partial charge is 0.128 e. The van der Waals surface area contributed by atoms with Gasteiger partial charge in [0.05, 0.1) is 0 Å². The van der Waals surface area contributed by atoms with Crippen molar-refractivity contribution in [1.82, 2.24) is 9.80 Å². The topological polar surface area (TPSA) is 30.3 Å². The van der Waals surface area contributed by atoms with Crippen LogP contribution in [0, 0.1) is 5.41 Å². The molecule has 2 aliphatic heterocycles. The minimum atomic E-state index is 0.619. The number of benzene rings is 1. The van der Waals surface area contributed by atoms with Gasteiger partial charge in [0.15, 0.2) is 0 Å². The summed E-state index contributed by atoms with van der Waals surface area (Å²) in [6.45, 7) is 3.13. The molecule has 96 valence electrons. The summed E-state index contributed by atoms with van der Waals surface area (Å²) in [5, 5.41) is 8.28. The second kappa shape index (κ2) is 4.73. The zero-order valence-corrected chi connectivity index (χ0v) is 11.0. The lowest BCUT2D eigenvalue weighted by Gasteiger charge is -2.35. The van der Waals surface area contributed by atoms with Gasteiger partial charge in [0.2, 0.25) is 0 Å². The Hall–Kier alpha value is -1.35. The van der Waals surface area contributed by atoms with Gasteiger partial charge in [-0.3, -0.25) is 5.41 Å². The third-order valence-electron chi connectivity index (χ3n) is 4.30. The van der Waals surface area contributed by atoms with Gasteiger partial charge in [-0.2, -0.15) is 0 Å². The maximum Gasteiger partial charge on any atom is 0.128 e. The van der Waals surface area contributed by atoms with Crippen molar-refractivity contribution in [2.75, 3.05) is 20.1 Å². The Bertz CT molecular complexity index is 455. The van der Waals surface area contributed by atoms with E-state index in [0.717, 1.165) is 18.7 Å². The molecule has 18 heavy (non-hydrogen) atoms. The number of hydrogen-bond acceptors (Lipinski definition) is 2. The van der Waals surface area contributed by atoms with Crippen LogP contribution in [0.4, 0.5) is 0 Å². The molecule has 1 unspecified atom stereocenters. The fraction of sp³-hybridized carbons (Fsp3) is 0.533. The van der Waals surface area contributed by atoms with E-state index in [4.69, 9.17) is 5.41 Å². The summed E-state index contributed by atoms with van der Waals surface area (Å²) in [5.41, 5.74) is 2.43. The zero-order chi connectivity index (χ0) is 12.5. The summed E-state index contributed by atoms with van der Waals surface area (Å²) < 4.78 is 0. The average molecular weight is 243 g/mol. The van der Waals surface area contributed by atoms with Crippen LogP contribution >= 0.6 is 0 Å². The number of fused-ring (bicyclic) bond motifs is 1. The van der Waals surface area contributed by atoms with Crippen molar-refractivity contribution in [1.29, 1.82) is 5.41 Å². The molecule has 1 aromatic rings. The summed E-state index contributed by atoms with van der Waals surface area (Å²) in [5.74, 6) is 0.713. The fourth-order valence-electron chi connectivity index (χ4n) is 3.13. The number of likely N-dealkylation sites (N-methyl/N-ethyl adjacent to an activating group) is 1. The third kappa shape index (κ3) is 2.03. The zero-order valence-electron chi connectivity index (χ0n) is 11.0. The van der Waals surface area contributed by atoms with Crippen molar-refractivity contribution in [2.24, 2.45) is 0 Å². The molecular formula is C15H21N3. The number of amidine groups is 1. The van der Waals surface area contributed by atoms with E-state index < -0.39 is 0 Å². The molecule has 1 atom stereocenters. The lowest BCUT2D eigenvalue weighted by Crippen LogP contribution is -2.44. The van der Waals surface area contributed by atoms with E-state index in [9.17, 15) is 0 Å². The van der Waals surface area contributed by atoms with Crippen molar-refractivity contribution in [3.05, 3.63) is 35.4 Å². The first-order chi connectivity index (χ1) is 8.75. The summed E-state index contributed by atoms with van der Waals surface area (Å²) in [7, 11) is 2.22. The van der Waals surface area contributed by atoms with Gasteiger partial charge < -0.3 is 9.80 Å². The molecular weight excluding hydrogens is 222 g/mol. The van der Waals surface area contributed by atoms with Gasteiger partial charge >= 0.3 is 0 Å². The van der Waals surface area contributed by atoms with Crippen molar-refractivity contribution >= 4 is 5.84 Å². The Morgan fingerprint density at radius 2 is 2.11 bits per heavy atom. The van der Waals surface area contributed by atoms with Gasteiger partial charge in [-0.1, -0.05) is 30.7 Å². The Morgan fingerprint density at radius 1 is 1.28 bits per heavy atom. The van der Waals surface area contributed by atoms with Gasteiger partial charge in [0.1, 0.15) is 5.84 Å². The van der Waals surface area contributed by atoms with Gasteiger partial charge in [0.25, 0.3) is 0 Å². The van der Waals surface area contributed by atoms with Gasteiger partial charge in [-0.25, -0.2) is 0 Å². The van der Waals surface area contributed by atoms with Crippen molar-refractivity contribution < 1.29 is 0 Å². The molecule has 3 heteroatoms. The molecule has 0 spiro atoms. The van der Waals surface area contributed by atoms with Crippen LogP contribution in [0.3, 0.4) is 0 Å². The number of piperidine rings is 1. The van der Waals surface area contributed by atoms with Crippen LogP contribution < -0.4 is 0 Å². The molecule has 0 aromatic heterocycles. The van der Waals surface area contributed by atoms with Crippen molar-refractivity contribution in [3.63, 3.8) is 0 Å². The first-order valence-corrected chi connectivity index (χ1v) is 6.88. The molecule has 0 amide bonds. The van der Waals surface area contributed by atoms with Crippen molar-refractivity contribution in [2.45, 2.75) is 31.8 Å². The highest BCUT2D eigenvalue weighted by molar-refractivity contribution is 6.00. The van der Waals surface area contributed by atoms with Gasteiger partial charge in [0, 0.05) is 24.7 Å². The van der Waals surface area contributed by atoms with E-state index in [1.807, 2.05) is 6.07 Å². The molecule has 2 heterocycles. The second-order valence-electron chi connectivity index (χ2n) is 5.52. The Labute approximate surface area is 109 Å². The molecule has 2 aliphatic rings. The highest BCUT2D eigenvalue weighted by Crippen LogP contribution is 2.24. The minimum Gasteiger partial charge on any atom is -0.351 e. The molecule has 1 N–H and O–H groups in total. The second-order valence-corrected chi connectivity index (χ2v) is 5.52. The van der Waals surface area contributed by atoms with E-state index in [1.54, 1.807) is 0 Å². The highest BCUT2D eigenvalue weighted by Gasteiger charge is 2.28. The number of likely N-dealkylation sites (tertiary alicyclic amines) is 1. The number of nitrogens with zero attached hydrogens (tertiary/aromatic N) is 2. The maximum absolute atomic E-state index is 8.28. The maximum atomic E-state index is 8.28. The van der Waals surface area contributed by atoms with Crippen LogP contribution in [0.5, 0.6) is 0 Å². The van der Waals surface area contributed by atoms with Gasteiger partial charge in [-0.05, 0) is 32.0 Å². The van der Waals surface area contributed by atoms with Crippen LogP contribution in [0.1, 0.15) is 30.4 Å². The predicted octanol–water partition coefficient (Wildman–Crippen LogP) is 2.31. The van der Waals surface area contributed by atoms with E-state index in [-0.39, 0.29) is 0 Å². The lowest BCUT2D eigenvalue weighted by atomic mass is 10.0. The van der Waals surface area contributed by atoms with Crippen LogP contribution in [0.15, 0.2) is 24.3 Å². The normalized spacial score (nSPS) is 24.4. The fourth-order valence-corrected chi connectivity index (χ4v) is 3.13. The van der Waals surface area contributed by atoms with E-state index in [0.29, 0.717) is 11.9 Å². The SMILES string of the molecule is CN1CCCCC1CN1Cc2ccccc2C1=N. The summed E-state index contributed by atoms with van der Waals surface area (Å²) >= 11 is 0. The number of rotatable bonds is 2. The molecule has 0 bridgehead atoms. The number of hydrogen-bond donors (Lipinski definition) is 1. The lowest BCUT2D eigenvalue weighted by molar-refractivity contribution is 0.156. The molecule has 0 saturated carbocycles. The van der Waals surface area contributed by atoms with Crippen LogP contribution in [-0.2, 0) is 6.54 Å². The minimum absolute atomic E-state index is 0.619. The summed E-state index contributed by atoms with van der Waals surface area (Å²) in [6, 6.07) is 8.94. The highest BCUT2D eigenvalue weighted by atomic mass is 15.2.